The number of halogens is 4. The maximum absolute atomic E-state index is 12.7. The van der Waals surface area contributed by atoms with Gasteiger partial charge in [0.2, 0.25) is 0 Å². The van der Waals surface area contributed by atoms with Crippen molar-refractivity contribution < 1.29 is 22.8 Å². The average Bonchev–Trinajstić information content (AvgIpc) is 2.83. The van der Waals surface area contributed by atoms with Gasteiger partial charge in [0.25, 0.3) is 0 Å². The molecule has 1 fully saturated rings. The smallest absolute Gasteiger partial charge is 0.324 e. The minimum atomic E-state index is -4.52. The largest absolute Gasteiger partial charge is 0.410 e. The number of urea groups is 1. The van der Waals surface area contributed by atoms with E-state index in [0.29, 0.717) is 11.3 Å². The van der Waals surface area contributed by atoms with E-state index < -0.39 is 30.2 Å². The quantitative estimate of drug-likeness (QED) is 0.874. The fraction of sp³-hybridized carbons (Fsp3) is 0.600. The summed E-state index contributed by atoms with van der Waals surface area (Å²) in [6.45, 7) is 4.64. The molecule has 2 amide bonds. The number of carbonyl (C=O) groups excluding carboxylic acids is 2. The van der Waals surface area contributed by atoms with Gasteiger partial charge in [-0.25, -0.2) is 4.79 Å². The monoisotopic (exact) mass is 378 g/mol. The molecule has 10 heteroatoms. The lowest BCUT2D eigenvalue weighted by Gasteiger charge is -2.18. The van der Waals surface area contributed by atoms with E-state index in [9.17, 15) is 22.8 Å². The van der Waals surface area contributed by atoms with Crippen LogP contribution in [0.4, 0.5) is 18.0 Å². The molecule has 0 spiro atoms. The van der Waals surface area contributed by atoms with Gasteiger partial charge in [-0.3, -0.25) is 4.79 Å². The molecule has 1 N–H and O–H groups in total. The first-order valence-electron chi connectivity index (χ1n) is 7.54. The minimum Gasteiger partial charge on any atom is -0.324 e. The lowest BCUT2D eigenvalue weighted by molar-refractivity contribution is -0.149. The zero-order valence-electron chi connectivity index (χ0n) is 13.9. The SMILES string of the molecule is CC(C)(C)C(=O)Cc1cc(CN2C[C@@H](C(F)(F)F)NC2=O)c(Cl)nn1. The number of aromatic nitrogens is 2. The summed E-state index contributed by atoms with van der Waals surface area (Å²) in [7, 11) is 0. The topological polar surface area (TPSA) is 75.2 Å². The third-order valence-corrected chi connectivity index (χ3v) is 4.11. The van der Waals surface area contributed by atoms with Crippen molar-refractivity contribution in [3.05, 3.63) is 22.5 Å². The number of rotatable bonds is 4. The van der Waals surface area contributed by atoms with Gasteiger partial charge in [-0.05, 0) is 6.07 Å². The normalized spacial score (nSPS) is 18.4. The van der Waals surface area contributed by atoms with Crippen LogP contribution in [0.25, 0.3) is 0 Å². The summed E-state index contributed by atoms with van der Waals surface area (Å²) in [6, 6.07) is -1.26. The number of hydrogen-bond acceptors (Lipinski definition) is 4. The Bertz CT molecular complexity index is 688. The fourth-order valence-electron chi connectivity index (χ4n) is 2.21. The lowest BCUT2D eigenvalue weighted by Crippen LogP contribution is -2.40. The van der Waals surface area contributed by atoms with Gasteiger partial charge in [0.1, 0.15) is 11.8 Å². The van der Waals surface area contributed by atoms with E-state index >= 15 is 0 Å². The zero-order valence-corrected chi connectivity index (χ0v) is 14.7. The minimum absolute atomic E-state index is 0.0183. The number of nitrogens with one attached hydrogen (secondary N) is 1. The van der Waals surface area contributed by atoms with Crippen LogP contribution >= 0.6 is 11.6 Å². The van der Waals surface area contributed by atoms with Crippen LogP contribution in [-0.2, 0) is 17.8 Å². The predicted octanol–water partition coefficient (Wildman–Crippen LogP) is 2.74. The molecule has 1 aliphatic rings. The molecular formula is C15H18ClF3N4O2. The first-order chi connectivity index (χ1) is 11.4. The molecule has 0 radical (unpaired) electrons. The van der Waals surface area contributed by atoms with Gasteiger partial charge >= 0.3 is 12.2 Å². The van der Waals surface area contributed by atoms with Gasteiger partial charge < -0.3 is 10.2 Å². The number of hydrogen-bond donors (Lipinski definition) is 1. The number of alkyl halides is 3. The molecule has 1 aromatic heterocycles. The van der Waals surface area contributed by atoms with Crippen LogP contribution in [0.2, 0.25) is 5.15 Å². The molecule has 0 saturated carbocycles. The van der Waals surface area contributed by atoms with Crippen molar-refractivity contribution in [3.63, 3.8) is 0 Å². The zero-order chi connectivity index (χ0) is 19.0. The van der Waals surface area contributed by atoms with Crippen LogP contribution in [-0.4, -0.2) is 45.7 Å². The third kappa shape index (κ3) is 4.81. The van der Waals surface area contributed by atoms with Crippen LogP contribution in [0, 0.1) is 5.41 Å². The highest BCUT2D eigenvalue weighted by Gasteiger charge is 2.46. The van der Waals surface area contributed by atoms with Crippen molar-refractivity contribution in [2.75, 3.05) is 6.54 Å². The molecular weight excluding hydrogens is 361 g/mol. The lowest BCUT2D eigenvalue weighted by atomic mass is 9.88. The second-order valence-corrected chi connectivity index (χ2v) is 7.28. The Balaban J connectivity index is 2.13. The standard InChI is InChI=1S/C15H18ClF3N4O2/c1-14(2,3)11(24)5-9-4-8(12(16)22-21-9)6-23-7-10(15(17,18)19)20-13(23)25/h4,10H,5-7H2,1-3H3,(H,20,25)/t10-/m0/s1. The Morgan fingerprint density at radius 1 is 1.36 bits per heavy atom. The second-order valence-electron chi connectivity index (χ2n) is 6.93. The maximum atomic E-state index is 12.7. The van der Waals surface area contributed by atoms with Crippen LogP contribution in [0.3, 0.4) is 0 Å². The summed E-state index contributed by atoms with van der Waals surface area (Å²) in [5.74, 6) is -0.0638. The van der Waals surface area contributed by atoms with Crippen molar-refractivity contribution in [1.82, 2.24) is 20.4 Å². The van der Waals surface area contributed by atoms with E-state index in [0.717, 1.165) is 4.90 Å². The summed E-state index contributed by atoms with van der Waals surface area (Å²) in [5, 5.41) is 9.43. The van der Waals surface area contributed by atoms with Crippen LogP contribution in [0.1, 0.15) is 32.0 Å². The highest BCUT2D eigenvalue weighted by Crippen LogP contribution is 2.26. The van der Waals surface area contributed by atoms with Gasteiger partial charge in [-0.2, -0.15) is 18.3 Å². The van der Waals surface area contributed by atoms with E-state index in [2.05, 4.69) is 10.2 Å². The molecule has 1 aromatic rings. The molecule has 2 rings (SSSR count). The molecule has 1 atom stereocenters. The average molecular weight is 379 g/mol. The van der Waals surface area contributed by atoms with E-state index in [1.807, 2.05) is 5.32 Å². The summed E-state index contributed by atoms with van der Waals surface area (Å²) < 4.78 is 38.2. The number of amides is 2. The molecule has 0 unspecified atom stereocenters. The van der Waals surface area contributed by atoms with Crippen molar-refractivity contribution in [1.29, 1.82) is 0 Å². The Morgan fingerprint density at radius 3 is 2.52 bits per heavy atom. The summed E-state index contributed by atoms with van der Waals surface area (Å²) >= 11 is 5.94. The molecule has 0 bridgehead atoms. The number of carbonyl (C=O) groups is 2. The fourth-order valence-corrected chi connectivity index (χ4v) is 2.36. The Morgan fingerprint density at radius 2 is 2.00 bits per heavy atom. The summed E-state index contributed by atoms with van der Waals surface area (Å²) in [5.41, 5.74) is 0.133. The Labute approximate surface area is 147 Å². The molecule has 1 saturated heterocycles. The molecule has 138 valence electrons. The van der Waals surface area contributed by atoms with Gasteiger partial charge in [-0.1, -0.05) is 32.4 Å². The predicted molar refractivity (Wildman–Crippen MR) is 84.0 cm³/mol. The first kappa shape index (κ1) is 19.4. The molecule has 1 aliphatic heterocycles. The Kier molecular flexibility index (Phi) is 5.27. The van der Waals surface area contributed by atoms with Gasteiger partial charge in [-0.15, -0.1) is 5.10 Å². The van der Waals surface area contributed by atoms with Crippen LogP contribution in [0.5, 0.6) is 0 Å². The van der Waals surface area contributed by atoms with Crippen molar-refractivity contribution in [2.45, 2.75) is 46.0 Å². The summed E-state index contributed by atoms with van der Waals surface area (Å²) in [6.07, 6.45) is -4.49. The van der Waals surface area contributed by atoms with Crippen molar-refractivity contribution in [2.24, 2.45) is 5.41 Å². The van der Waals surface area contributed by atoms with E-state index in [-0.39, 0.29) is 23.9 Å². The molecule has 0 aliphatic carbocycles. The summed E-state index contributed by atoms with van der Waals surface area (Å²) in [4.78, 5) is 24.8. The van der Waals surface area contributed by atoms with Crippen molar-refractivity contribution >= 4 is 23.4 Å². The Hall–Kier alpha value is -1.90. The number of Topliss-reactive ketones (excluding diaryl/α,β-unsaturated/α-hetero) is 1. The molecule has 2 heterocycles. The third-order valence-electron chi connectivity index (χ3n) is 3.79. The van der Waals surface area contributed by atoms with Gasteiger partial charge in [0.15, 0.2) is 5.15 Å². The molecule has 0 aromatic carbocycles. The second kappa shape index (κ2) is 6.78. The van der Waals surface area contributed by atoms with Gasteiger partial charge in [0, 0.05) is 11.0 Å². The van der Waals surface area contributed by atoms with Crippen molar-refractivity contribution in [3.8, 4) is 0 Å². The number of ketones is 1. The number of nitrogens with zero attached hydrogens (tertiary/aromatic N) is 3. The van der Waals surface area contributed by atoms with E-state index in [4.69, 9.17) is 11.6 Å². The first-order valence-corrected chi connectivity index (χ1v) is 7.92. The van der Waals surface area contributed by atoms with Crippen LogP contribution < -0.4 is 5.32 Å². The van der Waals surface area contributed by atoms with Crippen LogP contribution in [0.15, 0.2) is 6.07 Å². The maximum Gasteiger partial charge on any atom is 0.410 e. The highest BCUT2D eigenvalue weighted by molar-refractivity contribution is 6.30. The van der Waals surface area contributed by atoms with E-state index in [1.54, 1.807) is 20.8 Å². The van der Waals surface area contributed by atoms with E-state index in [1.165, 1.54) is 6.07 Å². The highest BCUT2D eigenvalue weighted by atomic mass is 35.5. The molecule has 25 heavy (non-hydrogen) atoms. The van der Waals surface area contributed by atoms with Gasteiger partial charge in [0.05, 0.1) is 25.2 Å². The molecule has 6 nitrogen and oxygen atoms in total.